The van der Waals surface area contributed by atoms with Crippen molar-refractivity contribution in [1.82, 2.24) is 5.32 Å². The Bertz CT molecular complexity index is 212. The predicted octanol–water partition coefficient (Wildman–Crippen LogP) is 0.816. The van der Waals surface area contributed by atoms with Crippen LogP contribution in [0.3, 0.4) is 0 Å². The zero-order chi connectivity index (χ0) is 12.0. The first-order valence-corrected chi connectivity index (χ1v) is 6.18. The normalized spacial score (nSPS) is 17.7. The Morgan fingerprint density at radius 3 is 2.31 bits per heavy atom. The largest absolute Gasteiger partial charge is 0.394 e. The molecular weight excluding hydrogens is 206 g/mol. The van der Waals surface area contributed by atoms with Crippen LogP contribution in [0.15, 0.2) is 0 Å². The van der Waals surface area contributed by atoms with Crippen LogP contribution in [0, 0.1) is 5.92 Å². The summed E-state index contributed by atoms with van der Waals surface area (Å²) in [4.78, 5) is 11.8. The average molecular weight is 229 g/mol. The summed E-state index contributed by atoms with van der Waals surface area (Å²) in [6, 6.07) is 0. The molecule has 0 saturated heterocycles. The minimum atomic E-state index is -0.838. The van der Waals surface area contributed by atoms with E-state index in [1.807, 2.05) is 6.92 Å². The molecule has 3 N–H and O–H groups in total. The first-order chi connectivity index (χ1) is 7.65. The summed E-state index contributed by atoms with van der Waals surface area (Å²) in [6.07, 6.45) is 5.77. The Kier molecular flexibility index (Phi) is 5.22. The van der Waals surface area contributed by atoms with Crippen molar-refractivity contribution < 1.29 is 15.0 Å². The van der Waals surface area contributed by atoms with Crippen molar-refractivity contribution >= 4 is 5.91 Å². The Morgan fingerprint density at radius 1 is 1.31 bits per heavy atom. The second kappa shape index (κ2) is 6.21. The third kappa shape index (κ3) is 3.46. The molecule has 0 heterocycles. The van der Waals surface area contributed by atoms with Gasteiger partial charge in [-0.15, -0.1) is 0 Å². The lowest BCUT2D eigenvalue weighted by Gasteiger charge is -2.30. The number of amides is 1. The minimum Gasteiger partial charge on any atom is -0.394 e. The standard InChI is InChI=1S/C12H23NO3/c1-2-12(8-14,9-15)13-11(16)7-10-5-3-4-6-10/h10,14-15H,2-9H2,1H3,(H,13,16). The van der Waals surface area contributed by atoms with Crippen LogP contribution in [0.2, 0.25) is 0 Å². The lowest BCUT2D eigenvalue weighted by molar-refractivity contribution is -0.125. The fourth-order valence-corrected chi connectivity index (χ4v) is 2.26. The van der Waals surface area contributed by atoms with E-state index in [2.05, 4.69) is 5.32 Å². The van der Waals surface area contributed by atoms with Crippen LogP contribution in [0.25, 0.3) is 0 Å². The summed E-state index contributed by atoms with van der Waals surface area (Å²) in [5, 5.41) is 21.2. The maximum absolute atomic E-state index is 11.8. The lowest BCUT2D eigenvalue weighted by Crippen LogP contribution is -2.54. The number of nitrogens with one attached hydrogen (secondary N) is 1. The number of aliphatic hydroxyl groups excluding tert-OH is 2. The first-order valence-electron chi connectivity index (χ1n) is 6.18. The molecule has 0 aromatic carbocycles. The van der Waals surface area contributed by atoms with Crippen LogP contribution in [0.1, 0.15) is 45.4 Å². The van der Waals surface area contributed by atoms with Gasteiger partial charge in [-0.1, -0.05) is 19.8 Å². The highest BCUT2D eigenvalue weighted by molar-refractivity contribution is 5.77. The van der Waals surface area contributed by atoms with Gasteiger partial charge < -0.3 is 15.5 Å². The van der Waals surface area contributed by atoms with Gasteiger partial charge in [0.2, 0.25) is 5.91 Å². The van der Waals surface area contributed by atoms with Crippen LogP contribution >= 0.6 is 0 Å². The van der Waals surface area contributed by atoms with Crippen LogP contribution < -0.4 is 5.32 Å². The van der Waals surface area contributed by atoms with Gasteiger partial charge >= 0.3 is 0 Å². The number of hydrogen-bond acceptors (Lipinski definition) is 3. The summed E-state index contributed by atoms with van der Waals surface area (Å²) >= 11 is 0. The van der Waals surface area contributed by atoms with Gasteiger partial charge in [0, 0.05) is 6.42 Å². The van der Waals surface area contributed by atoms with Crippen molar-refractivity contribution in [2.75, 3.05) is 13.2 Å². The molecule has 0 bridgehead atoms. The van der Waals surface area contributed by atoms with E-state index < -0.39 is 5.54 Å². The van der Waals surface area contributed by atoms with E-state index in [1.165, 1.54) is 12.8 Å². The zero-order valence-corrected chi connectivity index (χ0v) is 10.0. The van der Waals surface area contributed by atoms with Crippen molar-refractivity contribution in [3.63, 3.8) is 0 Å². The predicted molar refractivity (Wildman–Crippen MR) is 61.9 cm³/mol. The molecule has 1 rings (SSSR count). The summed E-state index contributed by atoms with van der Waals surface area (Å²) in [6.45, 7) is 1.43. The molecule has 0 aliphatic heterocycles. The van der Waals surface area contributed by atoms with Gasteiger partial charge in [-0.25, -0.2) is 0 Å². The van der Waals surface area contributed by atoms with E-state index in [-0.39, 0.29) is 19.1 Å². The summed E-state index contributed by atoms with van der Waals surface area (Å²) in [5.74, 6) is 0.448. The first kappa shape index (κ1) is 13.5. The molecule has 4 heteroatoms. The van der Waals surface area contributed by atoms with E-state index >= 15 is 0 Å². The number of aliphatic hydroxyl groups is 2. The van der Waals surface area contributed by atoms with Gasteiger partial charge in [0.15, 0.2) is 0 Å². The summed E-state index contributed by atoms with van der Waals surface area (Å²) in [7, 11) is 0. The highest BCUT2D eigenvalue weighted by Crippen LogP contribution is 2.27. The summed E-state index contributed by atoms with van der Waals surface area (Å²) < 4.78 is 0. The Hall–Kier alpha value is -0.610. The molecule has 1 aliphatic rings. The van der Waals surface area contributed by atoms with E-state index in [0.29, 0.717) is 18.8 Å². The maximum Gasteiger partial charge on any atom is 0.220 e. The van der Waals surface area contributed by atoms with Gasteiger partial charge in [0.05, 0.1) is 18.8 Å². The van der Waals surface area contributed by atoms with Crippen molar-refractivity contribution in [3.05, 3.63) is 0 Å². The minimum absolute atomic E-state index is 0.0446. The quantitative estimate of drug-likeness (QED) is 0.631. The average Bonchev–Trinajstić information content (AvgIpc) is 2.79. The Labute approximate surface area is 97.0 Å². The van der Waals surface area contributed by atoms with Crippen LogP contribution in [0.5, 0.6) is 0 Å². The van der Waals surface area contributed by atoms with Gasteiger partial charge in [-0.3, -0.25) is 4.79 Å². The number of carbonyl (C=O) groups is 1. The van der Waals surface area contributed by atoms with Gasteiger partial charge in [-0.2, -0.15) is 0 Å². The molecule has 0 spiro atoms. The van der Waals surface area contributed by atoms with E-state index in [0.717, 1.165) is 12.8 Å². The smallest absolute Gasteiger partial charge is 0.220 e. The fourth-order valence-electron chi connectivity index (χ4n) is 2.26. The highest BCUT2D eigenvalue weighted by Gasteiger charge is 2.29. The maximum atomic E-state index is 11.8. The molecule has 0 radical (unpaired) electrons. The van der Waals surface area contributed by atoms with Gasteiger partial charge in [0.1, 0.15) is 0 Å². The third-order valence-corrected chi connectivity index (χ3v) is 3.64. The van der Waals surface area contributed by atoms with Crippen molar-refractivity contribution in [1.29, 1.82) is 0 Å². The van der Waals surface area contributed by atoms with Gasteiger partial charge in [-0.05, 0) is 25.2 Å². The van der Waals surface area contributed by atoms with E-state index in [4.69, 9.17) is 0 Å². The molecule has 0 aromatic rings. The summed E-state index contributed by atoms with van der Waals surface area (Å²) in [5.41, 5.74) is -0.838. The molecule has 0 unspecified atom stereocenters. The molecule has 4 nitrogen and oxygen atoms in total. The molecule has 0 aromatic heterocycles. The zero-order valence-electron chi connectivity index (χ0n) is 10.0. The Morgan fingerprint density at radius 2 is 1.88 bits per heavy atom. The molecule has 1 fully saturated rings. The highest BCUT2D eigenvalue weighted by atomic mass is 16.3. The van der Waals surface area contributed by atoms with E-state index in [1.54, 1.807) is 0 Å². The van der Waals surface area contributed by atoms with Crippen LogP contribution in [-0.2, 0) is 4.79 Å². The second-order valence-corrected chi connectivity index (χ2v) is 4.85. The molecule has 1 saturated carbocycles. The topological polar surface area (TPSA) is 69.6 Å². The van der Waals surface area contributed by atoms with Crippen molar-refractivity contribution in [2.24, 2.45) is 5.92 Å². The molecule has 1 aliphatic carbocycles. The Balaban J connectivity index is 2.41. The molecule has 0 atom stereocenters. The third-order valence-electron chi connectivity index (χ3n) is 3.64. The molecule has 94 valence electrons. The van der Waals surface area contributed by atoms with Gasteiger partial charge in [0.25, 0.3) is 0 Å². The molecule has 1 amide bonds. The number of rotatable bonds is 6. The van der Waals surface area contributed by atoms with E-state index in [9.17, 15) is 15.0 Å². The van der Waals surface area contributed by atoms with Crippen molar-refractivity contribution in [3.8, 4) is 0 Å². The molecule has 16 heavy (non-hydrogen) atoms. The van der Waals surface area contributed by atoms with Crippen LogP contribution in [-0.4, -0.2) is 34.9 Å². The SMILES string of the molecule is CCC(CO)(CO)NC(=O)CC1CCCC1. The number of hydrogen-bond donors (Lipinski definition) is 3. The molecular formula is C12H23NO3. The monoisotopic (exact) mass is 229 g/mol. The fraction of sp³-hybridized carbons (Fsp3) is 0.917. The second-order valence-electron chi connectivity index (χ2n) is 4.85. The lowest BCUT2D eigenvalue weighted by atomic mass is 9.96. The number of carbonyl (C=O) groups excluding carboxylic acids is 1. The van der Waals surface area contributed by atoms with Crippen LogP contribution in [0.4, 0.5) is 0 Å². The van der Waals surface area contributed by atoms with Crippen molar-refractivity contribution in [2.45, 2.75) is 51.0 Å².